The van der Waals surface area contributed by atoms with Crippen LogP contribution in [0, 0.1) is 5.82 Å². The summed E-state index contributed by atoms with van der Waals surface area (Å²) < 4.78 is 15.0. The molecule has 0 radical (unpaired) electrons. The minimum atomic E-state index is -0.268. The highest BCUT2D eigenvalue weighted by Crippen LogP contribution is 2.30. The van der Waals surface area contributed by atoms with Gasteiger partial charge in [0, 0.05) is 12.7 Å². The second kappa shape index (κ2) is 4.38. The van der Waals surface area contributed by atoms with Crippen molar-refractivity contribution in [2.45, 2.75) is 6.04 Å². The van der Waals surface area contributed by atoms with Gasteiger partial charge in [-0.3, -0.25) is 4.99 Å². The minimum absolute atomic E-state index is 0.00189. The summed E-state index contributed by atoms with van der Waals surface area (Å²) in [6, 6.07) is 6.24. The number of hydrogen-bond acceptors (Lipinski definition) is 4. The van der Waals surface area contributed by atoms with Gasteiger partial charge in [-0.25, -0.2) is 9.37 Å². The number of rotatable bonds is 2. The lowest BCUT2D eigenvalue weighted by Gasteiger charge is -2.26. The monoisotopic (exact) mass is 259 g/mol. The molecule has 3 rings (SSSR count). The molecule has 2 N–H and O–H groups in total. The van der Waals surface area contributed by atoms with Crippen molar-refractivity contribution in [1.29, 1.82) is 0 Å². The van der Waals surface area contributed by atoms with Crippen LogP contribution in [0.2, 0.25) is 0 Å². The van der Waals surface area contributed by atoms with Crippen LogP contribution in [0.1, 0.15) is 11.7 Å². The first-order valence-electron chi connectivity index (χ1n) is 5.98. The van der Waals surface area contributed by atoms with Gasteiger partial charge in [-0.2, -0.15) is 0 Å². The summed E-state index contributed by atoms with van der Waals surface area (Å²) in [6.07, 6.45) is 3.54. The maximum Gasteiger partial charge on any atom is 0.196 e. The molecule has 1 aliphatic rings. The first-order chi connectivity index (χ1) is 9.16. The normalized spacial score (nSPS) is 18.7. The molecular formula is C13H14FN5. The standard InChI is InChI=1S/C13H14FN5/c1-18-8-16-6-11(18)12-7-17-13(15)19(12)10-4-2-9(14)3-5-10/h2-6,8,12H,7H2,1H3,(H2,15,17). The highest BCUT2D eigenvalue weighted by atomic mass is 19.1. The summed E-state index contributed by atoms with van der Waals surface area (Å²) in [5.74, 6) is 0.174. The van der Waals surface area contributed by atoms with Crippen LogP contribution >= 0.6 is 0 Å². The van der Waals surface area contributed by atoms with Crippen molar-refractivity contribution < 1.29 is 4.39 Å². The molecule has 0 aliphatic carbocycles. The van der Waals surface area contributed by atoms with Crippen LogP contribution in [0.5, 0.6) is 0 Å². The molecule has 98 valence electrons. The first kappa shape index (κ1) is 11.7. The molecule has 1 aromatic carbocycles. The zero-order valence-electron chi connectivity index (χ0n) is 10.5. The Morgan fingerprint density at radius 3 is 2.68 bits per heavy atom. The average Bonchev–Trinajstić information content (AvgIpc) is 2.97. The van der Waals surface area contributed by atoms with Gasteiger partial charge >= 0.3 is 0 Å². The van der Waals surface area contributed by atoms with Crippen molar-refractivity contribution in [2.75, 3.05) is 11.4 Å². The quantitative estimate of drug-likeness (QED) is 0.887. The molecule has 5 nitrogen and oxygen atoms in total. The molecule has 0 saturated heterocycles. The van der Waals surface area contributed by atoms with Crippen LogP contribution in [0.15, 0.2) is 41.8 Å². The molecule has 0 spiro atoms. The van der Waals surface area contributed by atoms with Crippen molar-refractivity contribution in [3.63, 3.8) is 0 Å². The zero-order valence-corrected chi connectivity index (χ0v) is 10.5. The van der Waals surface area contributed by atoms with E-state index in [1.54, 1.807) is 24.7 Å². The number of benzene rings is 1. The molecule has 0 amide bonds. The number of nitrogens with two attached hydrogens (primary N) is 1. The molecule has 0 saturated carbocycles. The highest BCUT2D eigenvalue weighted by molar-refractivity contribution is 5.97. The molecule has 0 fully saturated rings. The topological polar surface area (TPSA) is 59.4 Å². The van der Waals surface area contributed by atoms with Gasteiger partial charge in [0.25, 0.3) is 0 Å². The van der Waals surface area contributed by atoms with Gasteiger partial charge in [0.15, 0.2) is 5.96 Å². The number of aliphatic imine (C=N–C) groups is 1. The van der Waals surface area contributed by atoms with E-state index in [9.17, 15) is 4.39 Å². The van der Waals surface area contributed by atoms with Crippen LogP contribution in [-0.4, -0.2) is 22.1 Å². The summed E-state index contributed by atoms with van der Waals surface area (Å²) in [7, 11) is 1.93. The van der Waals surface area contributed by atoms with Gasteiger partial charge < -0.3 is 15.2 Å². The largest absolute Gasteiger partial charge is 0.369 e. The molecule has 1 aliphatic heterocycles. The Morgan fingerprint density at radius 1 is 1.32 bits per heavy atom. The third kappa shape index (κ3) is 1.95. The fraction of sp³-hybridized carbons (Fsp3) is 0.231. The molecule has 0 bridgehead atoms. The molecule has 19 heavy (non-hydrogen) atoms. The Morgan fingerprint density at radius 2 is 2.05 bits per heavy atom. The SMILES string of the molecule is Cn1cncc1C1CN=C(N)N1c1ccc(F)cc1. The summed E-state index contributed by atoms with van der Waals surface area (Å²) in [5.41, 5.74) is 7.80. The third-order valence-electron chi connectivity index (χ3n) is 3.28. The van der Waals surface area contributed by atoms with Crippen LogP contribution in [0.4, 0.5) is 10.1 Å². The second-order valence-corrected chi connectivity index (χ2v) is 4.49. The predicted molar refractivity (Wildman–Crippen MR) is 71.3 cm³/mol. The molecule has 2 aromatic rings. The first-order valence-corrected chi connectivity index (χ1v) is 5.98. The number of aryl methyl sites for hydroxylation is 1. The van der Waals surface area contributed by atoms with E-state index in [0.29, 0.717) is 12.5 Å². The Bertz CT molecular complexity index is 616. The number of hydrogen-bond donors (Lipinski definition) is 1. The predicted octanol–water partition coefficient (Wildman–Crippen LogP) is 1.44. The maximum absolute atomic E-state index is 13.0. The third-order valence-corrected chi connectivity index (χ3v) is 3.28. The fourth-order valence-corrected chi connectivity index (χ4v) is 2.33. The van der Waals surface area contributed by atoms with Gasteiger partial charge in [-0.1, -0.05) is 0 Å². The van der Waals surface area contributed by atoms with E-state index < -0.39 is 0 Å². The van der Waals surface area contributed by atoms with E-state index in [4.69, 9.17) is 5.73 Å². The van der Waals surface area contributed by atoms with E-state index in [1.807, 2.05) is 16.5 Å². The lowest BCUT2D eigenvalue weighted by molar-refractivity contribution is 0.627. The molecule has 1 aromatic heterocycles. The van der Waals surface area contributed by atoms with Gasteiger partial charge in [-0.05, 0) is 24.3 Å². The van der Waals surface area contributed by atoms with Crippen LogP contribution in [-0.2, 0) is 7.05 Å². The van der Waals surface area contributed by atoms with E-state index in [-0.39, 0.29) is 11.9 Å². The molecule has 1 unspecified atom stereocenters. The Kier molecular flexibility index (Phi) is 2.70. The van der Waals surface area contributed by atoms with Crippen LogP contribution in [0.25, 0.3) is 0 Å². The van der Waals surface area contributed by atoms with Crippen LogP contribution < -0.4 is 10.6 Å². The Labute approximate surface area is 110 Å². The van der Waals surface area contributed by atoms with Crippen LogP contribution in [0.3, 0.4) is 0 Å². The van der Waals surface area contributed by atoms with Gasteiger partial charge in [0.1, 0.15) is 5.82 Å². The fourth-order valence-electron chi connectivity index (χ4n) is 2.33. The van der Waals surface area contributed by atoms with E-state index >= 15 is 0 Å². The lowest BCUT2D eigenvalue weighted by atomic mass is 10.1. The zero-order chi connectivity index (χ0) is 13.4. The number of anilines is 1. The number of aromatic nitrogens is 2. The summed E-state index contributed by atoms with van der Waals surface area (Å²) in [5, 5.41) is 0. The highest BCUT2D eigenvalue weighted by Gasteiger charge is 2.30. The lowest BCUT2D eigenvalue weighted by Crippen LogP contribution is -2.36. The molecule has 1 atom stereocenters. The van der Waals surface area contributed by atoms with Crippen molar-refractivity contribution in [1.82, 2.24) is 9.55 Å². The summed E-state index contributed by atoms with van der Waals surface area (Å²) in [4.78, 5) is 10.3. The second-order valence-electron chi connectivity index (χ2n) is 4.49. The van der Waals surface area contributed by atoms with E-state index in [0.717, 1.165) is 11.4 Å². The molecule has 2 heterocycles. The number of guanidine groups is 1. The van der Waals surface area contributed by atoms with E-state index in [2.05, 4.69) is 9.98 Å². The maximum atomic E-state index is 13.0. The van der Waals surface area contributed by atoms with E-state index in [1.165, 1.54) is 12.1 Å². The average molecular weight is 259 g/mol. The minimum Gasteiger partial charge on any atom is -0.369 e. The molecular weight excluding hydrogens is 245 g/mol. The van der Waals surface area contributed by atoms with Gasteiger partial charge in [0.05, 0.1) is 30.8 Å². The van der Waals surface area contributed by atoms with Crippen molar-refractivity contribution >= 4 is 11.6 Å². The number of imidazole rings is 1. The van der Waals surface area contributed by atoms with Crippen molar-refractivity contribution in [2.24, 2.45) is 17.8 Å². The van der Waals surface area contributed by atoms with Crippen molar-refractivity contribution in [3.05, 3.63) is 48.3 Å². The van der Waals surface area contributed by atoms with Gasteiger partial charge in [-0.15, -0.1) is 0 Å². The Balaban J connectivity index is 1.99. The Hall–Kier alpha value is -2.37. The number of nitrogens with zero attached hydrogens (tertiary/aromatic N) is 4. The molecule has 6 heteroatoms. The smallest absolute Gasteiger partial charge is 0.196 e. The summed E-state index contributed by atoms with van der Waals surface area (Å²) >= 11 is 0. The number of halogens is 1. The summed E-state index contributed by atoms with van der Waals surface area (Å²) in [6.45, 7) is 0.572. The van der Waals surface area contributed by atoms with Crippen molar-refractivity contribution in [3.8, 4) is 0 Å². The van der Waals surface area contributed by atoms with Gasteiger partial charge in [0.2, 0.25) is 0 Å².